The van der Waals surface area contributed by atoms with Gasteiger partial charge in [0.05, 0.1) is 16.8 Å². The highest BCUT2D eigenvalue weighted by molar-refractivity contribution is 7.22. The van der Waals surface area contributed by atoms with Gasteiger partial charge in [-0.1, -0.05) is 41.7 Å². The monoisotopic (exact) mass is 323 g/mol. The van der Waals surface area contributed by atoms with Gasteiger partial charge in [-0.05, 0) is 30.2 Å². The number of benzene rings is 2. The van der Waals surface area contributed by atoms with E-state index in [0.717, 1.165) is 34.0 Å². The Balaban J connectivity index is 1.52. The van der Waals surface area contributed by atoms with Gasteiger partial charge in [-0.15, -0.1) is 0 Å². The van der Waals surface area contributed by atoms with E-state index >= 15 is 0 Å². The fraction of sp³-hybridized carbons (Fsp3) is 0.222. The van der Waals surface area contributed by atoms with Crippen molar-refractivity contribution in [2.75, 3.05) is 29.9 Å². The third kappa shape index (κ3) is 2.57. The molecule has 0 unspecified atom stereocenters. The van der Waals surface area contributed by atoms with Crippen LogP contribution in [0.25, 0.3) is 10.2 Å². The van der Waals surface area contributed by atoms with Gasteiger partial charge in [0, 0.05) is 19.3 Å². The quantitative estimate of drug-likeness (QED) is 0.742. The summed E-state index contributed by atoms with van der Waals surface area (Å²) in [5.41, 5.74) is 3.29. The molecule has 4 rings (SSSR count). The molecule has 0 N–H and O–H groups in total. The summed E-state index contributed by atoms with van der Waals surface area (Å²) in [6.45, 7) is 1.11. The standard InChI is InChI=1S/C18H17N3OS/c1-20(18-19-14-7-3-5-9-16(14)23-18)12-17(22)21-11-10-13-6-2-4-8-15(13)21/h2-9H,10-12H2,1H3. The number of fused-ring (bicyclic) bond motifs is 2. The summed E-state index contributed by atoms with van der Waals surface area (Å²) in [6.07, 6.45) is 0.937. The summed E-state index contributed by atoms with van der Waals surface area (Å²) in [4.78, 5) is 21.1. The normalized spacial score (nSPS) is 13.3. The predicted octanol–water partition coefficient (Wildman–Crippen LogP) is 3.32. The maximum absolute atomic E-state index is 12.7. The van der Waals surface area contributed by atoms with Gasteiger partial charge in [0.25, 0.3) is 0 Å². The van der Waals surface area contributed by atoms with Crippen LogP contribution in [0.15, 0.2) is 48.5 Å². The number of nitrogens with zero attached hydrogens (tertiary/aromatic N) is 3. The number of amides is 1. The molecule has 1 aliphatic rings. The molecule has 1 amide bonds. The number of anilines is 2. The number of hydrogen-bond acceptors (Lipinski definition) is 4. The van der Waals surface area contributed by atoms with E-state index in [1.807, 2.05) is 53.2 Å². The third-order valence-corrected chi connectivity index (χ3v) is 5.32. The summed E-state index contributed by atoms with van der Waals surface area (Å²) in [6, 6.07) is 16.2. The Kier molecular flexibility index (Phi) is 3.50. The number of para-hydroxylation sites is 2. The lowest BCUT2D eigenvalue weighted by Gasteiger charge is -2.21. The van der Waals surface area contributed by atoms with Crippen LogP contribution in [0, 0.1) is 0 Å². The Labute approximate surface area is 139 Å². The van der Waals surface area contributed by atoms with Crippen molar-refractivity contribution in [2.45, 2.75) is 6.42 Å². The van der Waals surface area contributed by atoms with Crippen molar-refractivity contribution < 1.29 is 4.79 Å². The zero-order valence-corrected chi connectivity index (χ0v) is 13.7. The van der Waals surface area contributed by atoms with Crippen molar-refractivity contribution in [3.05, 3.63) is 54.1 Å². The minimum atomic E-state index is 0.122. The van der Waals surface area contributed by atoms with Crippen molar-refractivity contribution in [3.63, 3.8) is 0 Å². The Bertz CT molecular complexity index is 840. The summed E-state index contributed by atoms with van der Waals surface area (Å²) in [7, 11) is 1.93. The van der Waals surface area contributed by atoms with Gasteiger partial charge >= 0.3 is 0 Å². The first-order valence-corrected chi connectivity index (χ1v) is 8.49. The smallest absolute Gasteiger partial charge is 0.246 e. The van der Waals surface area contributed by atoms with Crippen LogP contribution in [0.2, 0.25) is 0 Å². The van der Waals surface area contributed by atoms with Gasteiger partial charge in [-0.3, -0.25) is 4.79 Å². The zero-order valence-electron chi connectivity index (χ0n) is 12.9. The van der Waals surface area contributed by atoms with Crippen LogP contribution in [-0.4, -0.2) is 31.0 Å². The van der Waals surface area contributed by atoms with Crippen molar-refractivity contribution in [3.8, 4) is 0 Å². The van der Waals surface area contributed by atoms with E-state index in [1.54, 1.807) is 11.3 Å². The van der Waals surface area contributed by atoms with E-state index in [4.69, 9.17) is 0 Å². The first-order valence-electron chi connectivity index (χ1n) is 7.67. The Morgan fingerprint density at radius 3 is 2.87 bits per heavy atom. The molecule has 5 heteroatoms. The lowest BCUT2D eigenvalue weighted by Crippen LogP contribution is -2.38. The van der Waals surface area contributed by atoms with Crippen LogP contribution in [-0.2, 0) is 11.2 Å². The minimum absolute atomic E-state index is 0.122. The molecule has 0 atom stereocenters. The fourth-order valence-corrected chi connectivity index (χ4v) is 3.90. The van der Waals surface area contributed by atoms with E-state index < -0.39 is 0 Å². The molecule has 0 saturated carbocycles. The number of carbonyl (C=O) groups excluding carboxylic acids is 1. The summed E-state index contributed by atoms with van der Waals surface area (Å²) in [5.74, 6) is 0.122. The van der Waals surface area contributed by atoms with Crippen LogP contribution >= 0.6 is 11.3 Å². The molecule has 23 heavy (non-hydrogen) atoms. The second-order valence-corrected chi connectivity index (χ2v) is 6.75. The first kappa shape index (κ1) is 14.2. The molecule has 2 heterocycles. The van der Waals surface area contributed by atoms with Crippen LogP contribution in [0.5, 0.6) is 0 Å². The Hall–Kier alpha value is -2.40. The molecule has 0 aliphatic carbocycles. The molecule has 2 aromatic carbocycles. The van der Waals surface area contributed by atoms with Crippen molar-refractivity contribution in [1.29, 1.82) is 0 Å². The highest BCUT2D eigenvalue weighted by atomic mass is 32.1. The minimum Gasteiger partial charge on any atom is -0.342 e. The maximum atomic E-state index is 12.7. The van der Waals surface area contributed by atoms with Crippen molar-refractivity contribution in [1.82, 2.24) is 4.98 Å². The molecular weight excluding hydrogens is 306 g/mol. The molecule has 0 radical (unpaired) electrons. The van der Waals surface area contributed by atoms with Gasteiger partial charge in [0.2, 0.25) is 5.91 Å². The molecule has 116 valence electrons. The summed E-state index contributed by atoms with van der Waals surface area (Å²) in [5, 5.41) is 0.882. The third-order valence-electron chi connectivity index (χ3n) is 4.17. The topological polar surface area (TPSA) is 36.4 Å². The largest absolute Gasteiger partial charge is 0.342 e. The molecule has 1 aliphatic heterocycles. The van der Waals surface area contributed by atoms with Gasteiger partial charge in [0.1, 0.15) is 0 Å². The highest BCUT2D eigenvalue weighted by Crippen LogP contribution is 2.30. The van der Waals surface area contributed by atoms with E-state index in [0.29, 0.717) is 6.54 Å². The average Bonchev–Trinajstić information content (AvgIpc) is 3.18. The van der Waals surface area contributed by atoms with E-state index in [2.05, 4.69) is 17.1 Å². The Morgan fingerprint density at radius 2 is 2.00 bits per heavy atom. The molecule has 1 aromatic heterocycles. The molecule has 0 fully saturated rings. The number of aromatic nitrogens is 1. The SMILES string of the molecule is CN(CC(=O)N1CCc2ccccc21)c1nc2ccccc2s1. The van der Waals surface area contributed by atoms with Gasteiger partial charge in [-0.2, -0.15) is 0 Å². The second kappa shape index (κ2) is 5.66. The number of likely N-dealkylation sites (N-methyl/N-ethyl adjacent to an activating group) is 1. The van der Waals surface area contributed by atoms with E-state index in [-0.39, 0.29) is 5.91 Å². The lowest BCUT2D eigenvalue weighted by molar-refractivity contribution is -0.117. The molecule has 0 saturated heterocycles. The van der Waals surface area contributed by atoms with E-state index in [1.165, 1.54) is 5.56 Å². The van der Waals surface area contributed by atoms with Crippen LogP contribution < -0.4 is 9.80 Å². The molecule has 3 aromatic rings. The number of rotatable bonds is 3. The van der Waals surface area contributed by atoms with Gasteiger partial charge < -0.3 is 9.80 Å². The molecular formula is C18H17N3OS. The van der Waals surface area contributed by atoms with Crippen molar-refractivity contribution >= 4 is 38.3 Å². The fourth-order valence-electron chi connectivity index (χ4n) is 2.98. The molecule has 0 spiro atoms. The van der Waals surface area contributed by atoms with Crippen LogP contribution in [0.4, 0.5) is 10.8 Å². The highest BCUT2D eigenvalue weighted by Gasteiger charge is 2.25. The predicted molar refractivity (Wildman–Crippen MR) is 95.4 cm³/mol. The van der Waals surface area contributed by atoms with Crippen LogP contribution in [0.1, 0.15) is 5.56 Å². The first-order chi connectivity index (χ1) is 11.2. The summed E-state index contributed by atoms with van der Waals surface area (Å²) >= 11 is 1.62. The number of hydrogen-bond donors (Lipinski definition) is 0. The average molecular weight is 323 g/mol. The number of thiazole rings is 1. The molecule has 0 bridgehead atoms. The lowest BCUT2D eigenvalue weighted by atomic mass is 10.2. The molecule has 4 nitrogen and oxygen atoms in total. The van der Waals surface area contributed by atoms with Gasteiger partial charge in [0.15, 0.2) is 5.13 Å². The number of carbonyl (C=O) groups is 1. The summed E-state index contributed by atoms with van der Waals surface area (Å²) < 4.78 is 1.15. The Morgan fingerprint density at radius 1 is 1.22 bits per heavy atom. The second-order valence-electron chi connectivity index (χ2n) is 5.74. The van der Waals surface area contributed by atoms with Crippen LogP contribution in [0.3, 0.4) is 0 Å². The maximum Gasteiger partial charge on any atom is 0.246 e. The van der Waals surface area contributed by atoms with E-state index in [9.17, 15) is 4.79 Å². The van der Waals surface area contributed by atoms with Crippen molar-refractivity contribution in [2.24, 2.45) is 0 Å². The van der Waals surface area contributed by atoms with Gasteiger partial charge in [-0.25, -0.2) is 4.98 Å². The zero-order chi connectivity index (χ0) is 15.8.